The topological polar surface area (TPSA) is 93.4 Å². The first-order chi connectivity index (χ1) is 8.63. The molecule has 1 fully saturated rings. The molecule has 1 aliphatic heterocycles. The number of carbonyl (C=O) groups excluding carboxylic acids is 2. The molecule has 1 rings (SSSR count). The second kappa shape index (κ2) is 8.05. The predicted octanol–water partition coefficient (Wildman–Crippen LogP) is -0.475. The summed E-state index contributed by atoms with van der Waals surface area (Å²) >= 11 is 0. The van der Waals surface area contributed by atoms with Crippen molar-refractivity contribution < 1.29 is 14.3 Å². The first kappa shape index (κ1) is 14.9. The maximum absolute atomic E-state index is 11.5. The number of rotatable bonds is 8. The molecule has 1 heterocycles. The normalized spacial score (nSPS) is 20.6. The van der Waals surface area contributed by atoms with Crippen molar-refractivity contribution >= 4 is 11.8 Å². The van der Waals surface area contributed by atoms with Gasteiger partial charge in [-0.05, 0) is 19.3 Å². The van der Waals surface area contributed by atoms with Crippen molar-refractivity contribution in [2.45, 2.75) is 44.8 Å². The fourth-order valence-electron chi connectivity index (χ4n) is 1.87. The van der Waals surface area contributed by atoms with Crippen LogP contribution in [0.15, 0.2) is 0 Å². The Hall–Kier alpha value is -1.14. The van der Waals surface area contributed by atoms with Crippen LogP contribution in [0.4, 0.5) is 0 Å². The molecule has 0 radical (unpaired) electrons. The quantitative estimate of drug-likeness (QED) is 0.548. The number of ether oxygens (including phenoxy) is 1. The second-order valence-electron chi connectivity index (χ2n) is 4.55. The van der Waals surface area contributed by atoms with Gasteiger partial charge in [-0.2, -0.15) is 0 Å². The van der Waals surface area contributed by atoms with Gasteiger partial charge in [0.05, 0.1) is 18.6 Å². The zero-order chi connectivity index (χ0) is 13.4. The van der Waals surface area contributed by atoms with Crippen molar-refractivity contribution in [1.29, 1.82) is 0 Å². The molecule has 6 nitrogen and oxygen atoms in total. The molecule has 0 aromatic carbocycles. The lowest BCUT2D eigenvalue weighted by atomic mass is 10.1. The molecule has 2 unspecified atom stereocenters. The van der Waals surface area contributed by atoms with E-state index >= 15 is 0 Å². The van der Waals surface area contributed by atoms with E-state index in [1.54, 1.807) is 0 Å². The standard InChI is InChI=1S/C12H23N3O3/c1-2-5-14-11(16)7-10(12(13)17)15-8-9-4-3-6-18-9/h9-10,15H,2-8H2,1H3,(H2,13,17)(H,14,16). The minimum Gasteiger partial charge on any atom is -0.377 e. The summed E-state index contributed by atoms with van der Waals surface area (Å²) < 4.78 is 5.44. The molecule has 0 saturated carbocycles. The summed E-state index contributed by atoms with van der Waals surface area (Å²) in [6, 6.07) is -0.619. The summed E-state index contributed by atoms with van der Waals surface area (Å²) in [6.07, 6.45) is 3.12. The van der Waals surface area contributed by atoms with Crippen molar-refractivity contribution in [2.24, 2.45) is 5.73 Å². The van der Waals surface area contributed by atoms with Crippen molar-refractivity contribution in [1.82, 2.24) is 10.6 Å². The molecule has 4 N–H and O–H groups in total. The molecule has 0 bridgehead atoms. The van der Waals surface area contributed by atoms with E-state index in [2.05, 4.69) is 10.6 Å². The molecule has 0 aromatic rings. The molecular weight excluding hydrogens is 234 g/mol. The van der Waals surface area contributed by atoms with Crippen molar-refractivity contribution in [3.8, 4) is 0 Å². The van der Waals surface area contributed by atoms with Crippen molar-refractivity contribution in [2.75, 3.05) is 19.7 Å². The fraction of sp³-hybridized carbons (Fsp3) is 0.833. The molecular formula is C12H23N3O3. The third-order valence-corrected chi connectivity index (χ3v) is 2.92. The Kier molecular flexibility index (Phi) is 6.67. The van der Waals surface area contributed by atoms with Crippen LogP contribution < -0.4 is 16.4 Å². The van der Waals surface area contributed by atoms with Gasteiger partial charge in [0.1, 0.15) is 0 Å². The van der Waals surface area contributed by atoms with E-state index in [-0.39, 0.29) is 18.4 Å². The fourth-order valence-corrected chi connectivity index (χ4v) is 1.87. The monoisotopic (exact) mass is 257 g/mol. The molecule has 104 valence electrons. The van der Waals surface area contributed by atoms with Gasteiger partial charge in [0.2, 0.25) is 11.8 Å². The highest BCUT2D eigenvalue weighted by molar-refractivity contribution is 5.87. The van der Waals surface area contributed by atoms with Gasteiger partial charge in [-0.3, -0.25) is 9.59 Å². The smallest absolute Gasteiger partial charge is 0.235 e. The summed E-state index contributed by atoms with van der Waals surface area (Å²) in [5, 5.41) is 5.74. The van der Waals surface area contributed by atoms with Crippen LogP contribution in [0.3, 0.4) is 0 Å². The number of primary amides is 1. The average molecular weight is 257 g/mol. The molecule has 18 heavy (non-hydrogen) atoms. The van der Waals surface area contributed by atoms with Crippen LogP contribution >= 0.6 is 0 Å². The minimum absolute atomic E-state index is 0.0854. The zero-order valence-corrected chi connectivity index (χ0v) is 10.9. The molecule has 0 aliphatic carbocycles. The second-order valence-corrected chi connectivity index (χ2v) is 4.55. The van der Waals surface area contributed by atoms with Crippen molar-refractivity contribution in [3.05, 3.63) is 0 Å². The SMILES string of the molecule is CCCNC(=O)CC(NCC1CCCO1)C(N)=O. The lowest BCUT2D eigenvalue weighted by Gasteiger charge is -2.17. The Morgan fingerprint density at radius 2 is 2.28 bits per heavy atom. The Bertz CT molecular complexity index is 278. The Labute approximate surface area is 108 Å². The van der Waals surface area contributed by atoms with Gasteiger partial charge >= 0.3 is 0 Å². The summed E-state index contributed by atoms with van der Waals surface area (Å²) in [5.74, 6) is -0.653. The molecule has 0 spiro atoms. The Balaban J connectivity index is 2.29. The summed E-state index contributed by atoms with van der Waals surface area (Å²) in [4.78, 5) is 22.8. The van der Waals surface area contributed by atoms with Crippen LogP contribution in [0.2, 0.25) is 0 Å². The van der Waals surface area contributed by atoms with E-state index in [9.17, 15) is 9.59 Å². The maximum Gasteiger partial charge on any atom is 0.235 e. The van der Waals surface area contributed by atoms with Crippen LogP contribution in [0.5, 0.6) is 0 Å². The van der Waals surface area contributed by atoms with Crippen LogP contribution in [-0.4, -0.2) is 43.7 Å². The van der Waals surface area contributed by atoms with E-state index < -0.39 is 11.9 Å². The van der Waals surface area contributed by atoms with Gasteiger partial charge in [-0.15, -0.1) is 0 Å². The molecule has 2 amide bonds. The lowest BCUT2D eigenvalue weighted by Crippen LogP contribution is -2.47. The van der Waals surface area contributed by atoms with E-state index in [1.807, 2.05) is 6.92 Å². The van der Waals surface area contributed by atoms with E-state index in [4.69, 9.17) is 10.5 Å². The number of amides is 2. The van der Waals surface area contributed by atoms with E-state index in [1.165, 1.54) is 0 Å². The van der Waals surface area contributed by atoms with Gasteiger partial charge in [0, 0.05) is 19.7 Å². The maximum atomic E-state index is 11.5. The minimum atomic E-state index is -0.619. The first-order valence-corrected chi connectivity index (χ1v) is 6.54. The predicted molar refractivity (Wildman–Crippen MR) is 67.9 cm³/mol. The highest BCUT2D eigenvalue weighted by Gasteiger charge is 2.22. The van der Waals surface area contributed by atoms with Gasteiger partial charge in [0.15, 0.2) is 0 Å². The first-order valence-electron chi connectivity index (χ1n) is 6.54. The van der Waals surface area contributed by atoms with Gasteiger partial charge in [0.25, 0.3) is 0 Å². The highest BCUT2D eigenvalue weighted by atomic mass is 16.5. The van der Waals surface area contributed by atoms with Crippen LogP contribution in [0.1, 0.15) is 32.6 Å². The third-order valence-electron chi connectivity index (χ3n) is 2.92. The van der Waals surface area contributed by atoms with Gasteiger partial charge < -0.3 is 21.1 Å². The van der Waals surface area contributed by atoms with Gasteiger partial charge in [-0.25, -0.2) is 0 Å². The zero-order valence-electron chi connectivity index (χ0n) is 10.9. The third kappa shape index (κ3) is 5.46. The molecule has 0 aromatic heterocycles. The van der Waals surface area contributed by atoms with E-state index in [0.717, 1.165) is 25.9 Å². The van der Waals surface area contributed by atoms with E-state index in [0.29, 0.717) is 13.1 Å². The molecule has 1 saturated heterocycles. The number of nitrogens with one attached hydrogen (secondary N) is 2. The largest absolute Gasteiger partial charge is 0.377 e. The van der Waals surface area contributed by atoms with Crippen molar-refractivity contribution in [3.63, 3.8) is 0 Å². The number of hydrogen-bond donors (Lipinski definition) is 3. The van der Waals surface area contributed by atoms with Crippen LogP contribution in [-0.2, 0) is 14.3 Å². The summed E-state index contributed by atoms with van der Waals surface area (Å²) in [6.45, 7) is 3.93. The Morgan fingerprint density at radius 1 is 1.50 bits per heavy atom. The molecule has 2 atom stereocenters. The Morgan fingerprint density at radius 3 is 2.83 bits per heavy atom. The van der Waals surface area contributed by atoms with Crippen LogP contribution in [0, 0.1) is 0 Å². The lowest BCUT2D eigenvalue weighted by molar-refractivity contribution is -0.126. The average Bonchev–Trinajstić information content (AvgIpc) is 2.84. The number of nitrogens with two attached hydrogens (primary N) is 1. The molecule has 1 aliphatic rings. The highest BCUT2D eigenvalue weighted by Crippen LogP contribution is 2.10. The molecule has 6 heteroatoms. The summed E-state index contributed by atoms with van der Waals surface area (Å²) in [7, 11) is 0. The number of hydrogen-bond acceptors (Lipinski definition) is 4. The summed E-state index contributed by atoms with van der Waals surface area (Å²) in [5.41, 5.74) is 5.28. The van der Waals surface area contributed by atoms with Crippen LogP contribution in [0.25, 0.3) is 0 Å². The number of carbonyl (C=O) groups is 2. The van der Waals surface area contributed by atoms with Gasteiger partial charge in [-0.1, -0.05) is 6.92 Å².